The SMILES string of the molecule is CCOc1cccc(OCc2cc(C)c(CN)o2)c1. The molecule has 0 bridgehead atoms. The van der Waals surface area contributed by atoms with E-state index >= 15 is 0 Å². The number of rotatable bonds is 6. The van der Waals surface area contributed by atoms with Gasteiger partial charge in [-0.05, 0) is 37.6 Å². The standard InChI is InChI=1S/C15H19NO3/c1-3-17-12-5-4-6-13(8-12)18-10-14-7-11(2)15(9-16)19-14/h4-8H,3,9-10,16H2,1-2H3. The summed E-state index contributed by atoms with van der Waals surface area (Å²) >= 11 is 0. The van der Waals surface area contributed by atoms with Crippen molar-refractivity contribution in [2.24, 2.45) is 5.73 Å². The van der Waals surface area contributed by atoms with Gasteiger partial charge in [0.25, 0.3) is 0 Å². The van der Waals surface area contributed by atoms with Gasteiger partial charge in [0.15, 0.2) is 0 Å². The van der Waals surface area contributed by atoms with E-state index < -0.39 is 0 Å². The minimum Gasteiger partial charge on any atom is -0.494 e. The molecule has 1 aromatic heterocycles. The molecule has 0 aliphatic carbocycles. The van der Waals surface area contributed by atoms with E-state index in [1.807, 2.05) is 44.2 Å². The third kappa shape index (κ3) is 3.51. The van der Waals surface area contributed by atoms with Crippen LogP contribution in [0.15, 0.2) is 34.7 Å². The molecular weight excluding hydrogens is 242 g/mol. The lowest BCUT2D eigenvalue weighted by Crippen LogP contribution is -1.96. The van der Waals surface area contributed by atoms with Crippen LogP contribution in [-0.2, 0) is 13.2 Å². The van der Waals surface area contributed by atoms with Gasteiger partial charge in [0.2, 0.25) is 0 Å². The van der Waals surface area contributed by atoms with Crippen molar-refractivity contribution >= 4 is 0 Å². The second kappa shape index (κ2) is 6.29. The highest BCUT2D eigenvalue weighted by Gasteiger charge is 2.07. The highest BCUT2D eigenvalue weighted by molar-refractivity contribution is 5.33. The summed E-state index contributed by atoms with van der Waals surface area (Å²) in [4.78, 5) is 0. The first-order valence-electron chi connectivity index (χ1n) is 6.37. The van der Waals surface area contributed by atoms with Crippen molar-refractivity contribution in [3.8, 4) is 11.5 Å². The van der Waals surface area contributed by atoms with Crippen LogP contribution in [0.25, 0.3) is 0 Å². The Morgan fingerprint density at radius 3 is 2.53 bits per heavy atom. The van der Waals surface area contributed by atoms with Crippen molar-refractivity contribution in [2.45, 2.75) is 27.0 Å². The first-order valence-corrected chi connectivity index (χ1v) is 6.37. The lowest BCUT2D eigenvalue weighted by Gasteiger charge is -2.07. The molecule has 0 amide bonds. The fourth-order valence-electron chi connectivity index (χ4n) is 1.84. The van der Waals surface area contributed by atoms with Crippen molar-refractivity contribution in [3.05, 3.63) is 47.4 Å². The lowest BCUT2D eigenvalue weighted by atomic mass is 10.2. The number of benzene rings is 1. The van der Waals surface area contributed by atoms with Crippen LogP contribution in [0.1, 0.15) is 24.0 Å². The molecule has 0 radical (unpaired) electrons. The molecule has 4 heteroatoms. The third-order valence-corrected chi connectivity index (χ3v) is 2.75. The lowest BCUT2D eigenvalue weighted by molar-refractivity contribution is 0.263. The Balaban J connectivity index is 1.99. The van der Waals surface area contributed by atoms with E-state index in [4.69, 9.17) is 19.6 Å². The second-order valence-electron chi connectivity index (χ2n) is 4.22. The maximum absolute atomic E-state index is 5.68. The molecule has 2 aromatic rings. The highest BCUT2D eigenvalue weighted by atomic mass is 16.5. The van der Waals surface area contributed by atoms with Gasteiger partial charge in [-0.2, -0.15) is 0 Å². The summed E-state index contributed by atoms with van der Waals surface area (Å²) in [5, 5.41) is 0. The predicted molar refractivity (Wildman–Crippen MR) is 73.3 cm³/mol. The summed E-state index contributed by atoms with van der Waals surface area (Å²) in [6.45, 7) is 5.36. The van der Waals surface area contributed by atoms with Crippen molar-refractivity contribution in [2.75, 3.05) is 6.61 Å². The van der Waals surface area contributed by atoms with Crippen molar-refractivity contribution < 1.29 is 13.9 Å². The highest BCUT2D eigenvalue weighted by Crippen LogP contribution is 2.21. The largest absolute Gasteiger partial charge is 0.494 e. The monoisotopic (exact) mass is 261 g/mol. The molecule has 0 aliphatic heterocycles. The molecule has 0 saturated heterocycles. The normalized spacial score (nSPS) is 10.5. The maximum atomic E-state index is 5.68. The molecule has 102 valence electrons. The summed E-state index contributed by atoms with van der Waals surface area (Å²) < 4.78 is 16.7. The molecular formula is C15H19NO3. The summed E-state index contributed by atoms with van der Waals surface area (Å²) in [7, 11) is 0. The van der Waals surface area contributed by atoms with Gasteiger partial charge in [-0.1, -0.05) is 6.07 Å². The number of hydrogen-bond donors (Lipinski definition) is 1. The van der Waals surface area contributed by atoms with Gasteiger partial charge in [-0.15, -0.1) is 0 Å². The Hall–Kier alpha value is -1.94. The van der Waals surface area contributed by atoms with Crippen LogP contribution >= 0.6 is 0 Å². The van der Waals surface area contributed by atoms with Gasteiger partial charge < -0.3 is 19.6 Å². The average molecular weight is 261 g/mol. The molecule has 0 spiro atoms. The second-order valence-corrected chi connectivity index (χ2v) is 4.22. The molecule has 0 fully saturated rings. The molecule has 1 heterocycles. The van der Waals surface area contributed by atoms with Crippen molar-refractivity contribution in [1.82, 2.24) is 0 Å². The van der Waals surface area contributed by atoms with Gasteiger partial charge in [-0.25, -0.2) is 0 Å². The summed E-state index contributed by atoms with van der Waals surface area (Å²) in [6.07, 6.45) is 0. The van der Waals surface area contributed by atoms with Gasteiger partial charge in [0.1, 0.15) is 29.6 Å². The van der Waals surface area contributed by atoms with Gasteiger partial charge in [0, 0.05) is 6.07 Å². The quantitative estimate of drug-likeness (QED) is 0.868. The van der Waals surface area contributed by atoms with Gasteiger partial charge >= 0.3 is 0 Å². The zero-order chi connectivity index (χ0) is 13.7. The molecule has 2 rings (SSSR count). The number of nitrogens with two attached hydrogens (primary N) is 1. The Kier molecular flexibility index (Phi) is 4.47. The molecule has 0 aliphatic rings. The van der Waals surface area contributed by atoms with E-state index in [0.717, 1.165) is 28.6 Å². The zero-order valence-electron chi connectivity index (χ0n) is 11.3. The van der Waals surface area contributed by atoms with Gasteiger partial charge in [0.05, 0.1) is 13.2 Å². The third-order valence-electron chi connectivity index (χ3n) is 2.75. The van der Waals surface area contributed by atoms with Gasteiger partial charge in [-0.3, -0.25) is 0 Å². The maximum Gasteiger partial charge on any atom is 0.146 e. The molecule has 4 nitrogen and oxygen atoms in total. The predicted octanol–water partition coefficient (Wildman–Crippen LogP) is 3.02. The van der Waals surface area contributed by atoms with Crippen LogP contribution in [0.5, 0.6) is 11.5 Å². The first-order chi connectivity index (χ1) is 9.22. The molecule has 19 heavy (non-hydrogen) atoms. The average Bonchev–Trinajstić information content (AvgIpc) is 2.78. The van der Waals surface area contributed by atoms with Crippen LogP contribution in [0.4, 0.5) is 0 Å². The number of ether oxygens (including phenoxy) is 2. The smallest absolute Gasteiger partial charge is 0.146 e. The molecule has 2 N–H and O–H groups in total. The Bertz CT molecular complexity index is 534. The van der Waals surface area contributed by atoms with Crippen molar-refractivity contribution in [3.63, 3.8) is 0 Å². The molecule has 0 saturated carbocycles. The summed E-state index contributed by atoms with van der Waals surface area (Å²) in [5.74, 6) is 3.15. The van der Waals surface area contributed by atoms with Crippen LogP contribution in [0.2, 0.25) is 0 Å². The summed E-state index contributed by atoms with van der Waals surface area (Å²) in [5.41, 5.74) is 6.63. The van der Waals surface area contributed by atoms with Crippen LogP contribution in [0, 0.1) is 6.92 Å². The van der Waals surface area contributed by atoms with E-state index in [1.54, 1.807) is 0 Å². The first kappa shape index (κ1) is 13.5. The fourth-order valence-corrected chi connectivity index (χ4v) is 1.84. The number of aryl methyl sites for hydroxylation is 1. The Labute approximate surface area is 113 Å². The number of hydrogen-bond acceptors (Lipinski definition) is 4. The fraction of sp³-hybridized carbons (Fsp3) is 0.333. The molecule has 0 atom stereocenters. The van der Waals surface area contributed by atoms with E-state index in [1.165, 1.54) is 0 Å². The number of furan rings is 1. The topological polar surface area (TPSA) is 57.6 Å². The van der Waals surface area contributed by atoms with E-state index in [2.05, 4.69) is 0 Å². The van der Waals surface area contributed by atoms with E-state index in [-0.39, 0.29) is 0 Å². The Morgan fingerprint density at radius 2 is 1.89 bits per heavy atom. The minimum absolute atomic E-state index is 0.385. The van der Waals surface area contributed by atoms with E-state index in [9.17, 15) is 0 Å². The van der Waals surface area contributed by atoms with Crippen LogP contribution in [0.3, 0.4) is 0 Å². The summed E-state index contributed by atoms with van der Waals surface area (Å²) in [6, 6.07) is 9.51. The van der Waals surface area contributed by atoms with Crippen LogP contribution < -0.4 is 15.2 Å². The molecule has 1 aromatic carbocycles. The van der Waals surface area contributed by atoms with Crippen molar-refractivity contribution in [1.29, 1.82) is 0 Å². The minimum atomic E-state index is 0.385. The molecule has 0 unspecified atom stereocenters. The van der Waals surface area contributed by atoms with Crippen LogP contribution in [-0.4, -0.2) is 6.61 Å². The Morgan fingerprint density at radius 1 is 1.16 bits per heavy atom. The zero-order valence-corrected chi connectivity index (χ0v) is 11.3. The van der Waals surface area contributed by atoms with E-state index in [0.29, 0.717) is 19.8 Å².